The average molecular weight is 232 g/mol. The van der Waals surface area contributed by atoms with Crippen LogP contribution in [0.15, 0.2) is 12.7 Å². The van der Waals surface area contributed by atoms with Crippen molar-refractivity contribution in [3.63, 3.8) is 0 Å². The molecule has 0 rings (SSSR count). The minimum absolute atomic E-state index is 0.668. The van der Waals surface area contributed by atoms with Gasteiger partial charge in [0.25, 0.3) is 0 Å². The molecule has 4 heteroatoms. The van der Waals surface area contributed by atoms with Crippen molar-refractivity contribution in [2.75, 3.05) is 13.2 Å². The lowest BCUT2D eigenvalue weighted by Crippen LogP contribution is -2.35. The summed E-state index contributed by atoms with van der Waals surface area (Å²) in [5.74, 6) is 0. The maximum Gasteiger partial charge on any atom is 0.173 e. The standard InChI is InChI=1S/C10H24O2Si2/c1-6-8-11-9-7-10-14(4,5)12-13(2)3/h6,13H,1,7-10H2,2-5H3. The van der Waals surface area contributed by atoms with Crippen molar-refractivity contribution in [3.05, 3.63) is 12.7 Å². The maximum atomic E-state index is 6.05. The molecule has 84 valence electrons. The third-order valence-electron chi connectivity index (χ3n) is 1.86. The first-order chi connectivity index (χ1) is 6.48. The van der Waals surface area contributed by atoms with Gasteiger partial charge in [-0.2, -0.15) is 0 Å². The van der Waals surface area contributed by atoms with Crippen molar-refractivity contribution in [3.8, 4) is 0 Å². The van der Waals surface area contributed by atoms with Crippen LogP contribution in [0.2, 0.25) is 32.2 Å². The summed E-state index contributed by atoms with van der Waals surface area (Å²) in [6.07, 6.45) is 2.91. The third kappa shape index (κ3) is 8.68. The van der Waals surface area contributed by atoms with Crippen LogP contribution in [0, 0.1) is 0 Å². The zero-order valence-electron chi connectivity index (χ0n) is 10.0. The zero-order chi connectivity index (χ0) is 11.0. The Bertz CT molecular complexity index is 158. The van der Waals surface area contributed by atoms with E-state index in [1.165, 1.54) is 6.04 Å². The summed E-state index contributed by atoms with van der Waals surface area (Å²) in [5, 5.41) is 0. The van der Waals surface area contributed by atoms with E-state index in [4.69, 9.17) is 8.85 Å². The normalized spacial score (nSPS) is 12.1. The lowest BCUT2D eigenvalue weighted by Gasteiger charge is -2.25. The molecule has 0 unspecified atom stereocenters. The molecular weight excluding hydrogens is 208 g/mol. The van der Waals surface area contributed by atoms with Gasteiger partial charge in [-0.25, -0.2) is 0 Å². The van der Waals surface area contributed by atoms with E-state index < -0.39 is 17.4 Å². The van der Waals surface area contributed by atoms with E-state index in [9.17, 15) is 0 Å². The summed E-state index contributed by atoms with van der Waals surface area (Å²) in [6, 6.07) is 1.20. The molecule has 0 atom stereocenters. The second-order valence-corrected chi connectivity index (χ2v) is 11.5. The van der Waals surface area contributed by atoms with Crippen molar-refractivity contribution in [1.29, 1.82) is 0 Å². The Balaban J connectivity index is 3.49. The number of ether oxygens (including phenoxy) is 1. The second-order valence-electron chi connectivity index (χ2n) is 4.39. The van der Waals surface area contributed by atoms with E-state index in [2.05, 4.69) is 32.8 Å². The second kappa shape index (κ2) is 7.39. The Morgan fingerprint density at radius 2 is 2.00 bits per heavy atom. The van der Waals surface area contributed by atoms with Crippen LogP contribution >= 0.6 is 0 Å². The highest BCUT2D eigenvalue weighted by Crippen LogP contribution is 2.14. The van der Waals surface area contributed by atoms with Crippen LogP contribution in [-0.4, -0.2) is 30.6 Å². The highest BCUT2D eigenvalue weighted by atomic mass is 28.4. The molecule has 0 radical (unpaired) electrons. The molecule has 0 spiro atoms. The molecule has 0 aliphatic rings. The molecule has 0 N–H and O–H groups in total. The molecule has 0 fully saturated rings. The molecule has 0 aromatic carbocycles. The highest BCUT2D eigenvalue weighted by Gasteiger charge is 2.22. The van der Waals surface area contributed by atoms with Crippen molar-refractivity contribution < 1.29 is 8.85 Å². The molecular formula is C10H24O2Si2. The van der Waals surface area contributed by atoms with Gasteiger partial charge in [-0.1, -0.05) is 6.08 Å². The fourth-order valence-corrected chi connectivity index (χ4v) is 8.04. The van der Waals surface area contributed by atoms with Crippen LogP contribution in [0.25, 0.3) is 0 Å². The van der Waals surface area contributed by atoms with Crippen molar-refractivity contribution >= 4 is 17.4 Å². The summed E-state index contributed by atoms with van der Waals surface area (Å²) in [4.78, 5) is 0. The summed E-state index contributed by atoms with van der Waals surface area (Å²) >= 11 is 0. The lowest BCUT2D eigenvalue weighted by molar-refractivity contribution is 0.162. The van der Waals surface area contributed by atoms with Crippen LogP contribution in [0.1, 0.15) is 6.42 Å². The van der Waals surface area contributed by atoms with Gasteiger partial charge in [-0.15, -0.1) is 6.58 Å². The summed E-state index contributed by atoms with van der Waals surface area (Å²) in [7, 11) is -2.23. The van der Waals surface area contributed by atoms with E-state index in [0.717, 1.165) is 13.0 Å². The fraction of sp³-hybridized carbons (Fsp3) is 0.800. The van der Waals surface area contributed by atoms with Crippen LogP contribution < -0.4 is 0 Å². The molecule has 0 aliphatic carbocycles. The molecule has 0 aromatic rings. The van der Waals surface area contributed by atoms with Crippen molar-refractivity contribution in [2.24, 2.45) is 0 Å². The van der Waals surface area contributed by atoms with E-state index in [1.807, 2.05) is 0 Å². The maximum absolute atomic E-state index is 6.05. The molecule has 14 heavy (non-hydrogen) atoms. The number of rotatable bonds is 8. The number of hydrogen-bond donors (Lipinski definition) is 0. The molecule has 2 nitrogen and oxygen atoms in total. The predicted octanol–water partition coefficient (Wildman–Crippen LogP) is 2.78. The van der Waals surface area contributed by atoms with E-state index in [-0.39, 0.29) is 0 Å². The van der Waals surface area contributed by atoms with Gasteiger partial charge in [0.2, 0.25) is 0 Å². The summed E-state index contributed by atoms with van der Waals surface area (Å²) in [6.45, 7) is 14.2. The van der Waals surface area contributed by atoms with Gasteiger partial charge >= 0.3 is 0 Å². The highest BCUT2D eigenvalue weighted by molar-refractivity contribution is 6.77. The Kier molecular flexibility index (Phi) is 7.44. The fourth-order valence-electron chi connectivity index (χ4n) is 1.46. The van der Waals surface area contributed by atoms with Gasteiger partial charge in [0, 0.05) is 6.61 Å². The summed E-state index contributed by atoms with van der Waals surface area (Å²) in [5.41, 5.74) is 0. The molecule has 0 aliphatic heterocycles. The van der Waals surface area contributed by atoms with Crippen LogP contribution in [0.4, 0.5) is 0 Å². The third-order valence-corrected chi connectivity index (χ3v) is 7.85. The van der Waals surface area contributed by atoms with Crippen LogP contribution in [0.3, 0.4) is 0 Å². The predicted molar refractivity (Wildman–Crippen MR) is 67.9 cm³/mol. The minimum Gasteiger partial charge on any atom is -0.458 e. The topological polar surface area (TPSA) is 18.5 Å². The first kappa shape index (κ1) is 14.1. The average Bonchev–Trinajstić information content (AvgIpc) is 2.01. The van der Waals surface area contributed by atoms with Gasteiger partial charge in [-0.3, -0.25) is 0 Å². The van der Waals surface area contributed by atoms with Gasteiger partial charge in [0.1, 0.15) is 0 Å². The van der Waals surface area contributed by atoms with E-state index in [1.54, 1.807) is 6.08 Å². The van der Waals surface area contributed by atoms with E-state index in [0.29, 0.717) is 6.61 Å². The zero-order valence-corrected chi connectivity index (χ0v) is 12.2. The summed E-state index contributed by atoms with van der Waals surface area (Å²) < 4.78 is 11.4. The molecule has 0 saturated carbocycles. The SMILES string of the molecule is C=CCOCCC[Si](C)(C)O[SiH](C)C. The van der Waals surface area contributed by atoms with Gasteiger partial charge in [-0.05, 0) is 38.7 Å². The quantitative estimate of drug-likeness (QED) is 0.364. The Labute approximate surface area is 91.2 Å². The number of hydrogen-bond acceptors (Lipinski definition) is 2. The molecule has 0 amide bonds. The van der Waals surface area contributed by atoms with Crippen molar-refractivity contribution in [1.82, 2.24) is 0 Å². The van der Waals surface area contributed by atoms with Gasteiger partial charge < -0.3 is 8.85 Å². The Morgan fingerprint density at radius 1 is 1.36 bits per heavy atom. The molecule has 0 bridgehead atoms. The van der Waals surface area contributed by atoms with Crippen molar-refractivity contribution in [2.45, 2.75) is 38.7 Å². The Morgan fingerprint density at radius 3 is 2.50 bits per heavy atom. The molecule has 0 heterocycles. The molecule has 0 aromatic heterocycles. The van der Waals surface area contributed by atoms with Gasteiger partial charge in [0.05, 0.1) is 6.61 Å². The lowest BCUT2D eigenvalue weighted by atomic mass is 10.5. The Hall–Kier alpha value is 0.0938. The largest absolute Gasteiger partial charge is 0.458 e. The first-order valence-electron chi connectivity index (χ1n) is 5.34. The monoisotopic (exact) mass is 232 g/mol. The molecule has 0 saturated heterocycles. The van der Waals surface area contributed by atoms with E-state index >= 15 is 0 Å². The minimum atomic E-state index is -1.37. The van der Waals surface area contributed by atoms with Crippen LogP contribution in [-0.2, 0) is 8.85 Å². The first-order valence-corrected chi connectivity index (χ1v) is 11.2. The smallest absolute Gasteiger partial charge is 0.173 e. The van der Waals surface area contributed by atoms with Gasteiger partial charge in [0.15, 0.2) is 17.4 Å². The van der Waals surface area contributed by atoms with Crippen LogP contribution in [0.5, 0.6) is 0 Å².